The molecule has 5 heteroatoms. The molecule has 2 fully saturated rings. The van der Waals surface area contributed by atoms with Gasteiger partial charge in [-0.25, -0.2) is 9.38 Å². The predicted molar refractivity (Wildman–Crippen MR) is 128 cm³/mol. The van der Waals surface area contributed by atoms with E-state index < -0.39 is 0 Å². The molecule has 3 nitrogen and oxygen atoms in total. The van der Waals surface area contributed by atoms with Crippen molar-refractivity contribution in [2.45, 2.75) is 64.3 Å². The second kappa shape index (κ2) is 8.99. The van der Waals surface area contributed by atoms with Crippen molar-refractivity contribution < 1.29 is 9.18 Å². The topological polar surface area (TPSA) is 32.7 Å². The second-order valence-electron chi connectivity index (χ2n) is 9.30. The van der Waals surface area contributed by atoms with E-state index in [1.54, 1.807) is 18.2 Å². The Morgan fingerprint density at radius 3 is 2.35 bits per heavy atom. The molecule has 0 aromatic heterocycles. The monoisotopic (exact) mass is 436 g/mol. The van der Waals surface area contributed by atoms with Gasteiger partial charge >= 0.3 is 0 Å². The lowest BCUT2D eigenvalue weighted by Gasteiger charge is -2.30. The molecule has 162 valence electrons. The molecule has 0 radical (unpaired) electrons. The summed E-state index contributed by atoms with van der Waals surface area (Å²) in [6.07, 6.45) is 7.29. The zero-order chi connectivity index (χ0) is 22.0. The SMILES string of the molecule is CC(C)(C)c1ccc(/C=C2\SC(=Nc3ccccc3F)N(C3CCCCC3)C2=O)cc1. The summed E-state index contributed by atoms with van der Waals surface area (Å²) in [5.41, 5.74) is 2.60. The average molecular weight is 437 g/mol. The third kappa shape index (κ3) is 4.93. The third-order valence-electron chi connectivity index (χ3n) is 5.92. The Bertz CT molecular complexity index is 1010. The van der Waals surface area contributed by atoms with Gasteiger partial charge in [0.05, 0.1) is 4.91 Å². The molecule has 0 bridgehead atoms. The molecule has 1 aliphatic carbocycles. The molecule has 1 heterocycles. The number of amides is 1. The first-order chi connectivity index (χ1) is 14.8. The number of hydrogen-bond acceptors (Lipinski definition) is 3. The lowest BCUT2D eigenvalue weighted by atomic mass is 9.87. The number of carbonyl (C=O) groups is 1. The summed E-state index contributed by atoms with van der Waals surface area (Å²) in [6, 6.07) is 14.9. The molecule has 1 aliphatic heterocycles. The van der Waals surface area contributed by atoms with Crippen LogP contribution in [-0.4, -0.2) is 22.0 Å². The Morgan fingerprint density at radius 1 is 1.03 bits per heavy atom. The minimum atomic E-state index is -0.373. The van der Waals surface area contributed by atoms with Crippen LogP contribution in [0.3, 0.4) is 0 Å². The van der Waals surface area contributed by atoms with Crippen molar-refractivity contribution in [1.29, 1.82) is 0 Å². The van der Waals surface area contributed by atoms with E-state index >= 15 is 0 Å². The van der Waals surface area contributed by atoms with Gasteiger partial charge < -0.3 is 0 Å². The van der Waals surface area contributed by atoms with E-state index in [0.29, 0.717) is 10.1 Å². The van der Waals surface area contributed by atoms with Crippen molar-refractivity contribution in [2.75, 3.05) is 0 Å². The van der Waals surface area contributed by atoms with E-state index in [0.717, 1.165) is 31.2 Å². The van der Waals surface area contributed by atoms with Crippen LogP contribution in [0.25, 0.3) is 6.08 Å². The van der Waals surface area contributed by atoms with Crippen LogP contribution < -0.4 is 0 Å². The van der Waals surface area contributed by atoms with Gasteiger partial charge in [-0.2, -0.15) is 0 Å². The minimum absolute atomic E-state index is 0.0214. The molecule has 1 amide bonds. The average Bonchev–Trinajstić information content (AvgIpc) is 3.05. The maximum absolute atomic E-state index is 14.3. The predicted octanol–water partition coefficient (Wildman–Crippen LogP) is 7.06. The van der Waals surface area contributed by atoms with Crippen molar-refractivity contribution >= 4 is 34.6 Å². The number of aliphatic imine (C=N–C) groups is 1. The van der Waals surface area contributed by atoms with Crippen LogP contribution in [0.1, 0.15) is 64.0 Å². The molecule has 1 saturated heterocycles. The first-order valence-corrected chi connectivity index (χ1v) is 11.8. The number of rotatable bonds is 3. The summed E-state index contributed by atoms with van der Waals surface area (Å²) in [5, 5.41) is 0.583. The van der Waals surface area contributed by atoms with E-state index in [2.05, 4.69) is 50.0 Å². The van der Waals surface area contributed by atoms with Crippen molar-refractivity contribution in [3.8, 4) is 0 Å². The molecule has 2 aliphatic rings. The van der Waals surface area contributed by atoms with Crippen LogP contribution >= 0.6 is 11.8 Å². The van der Waals surface area contributed by atoms with Crippen molar-refractivity contribution in [3.05, 3.63) is 70.4 Å². The van der Waals surface area contributed by atoms with Crippen LogP contribution in [0.5, 0.6) is 0 Å². The fourth-order valence-electron chi connectivity index (χ4n) is 4.10. The van der Waals surface area contributed by atoms with E-state index in [4.69, 9.17) is 0 Å². The summed E-state index contributed by atoms with van der Waals surface area (Å²) >= 11 is 1.35. The number of benzene rings is 2. The highest BCUT2D eigenvalue weighted by Gasteiger charge is 2.38. The number of nitrogens with zero attached hydrogens (tertiary/aromatic N) is 2. The minimum Gasteiger partial charge on any atom is -0.283 e. The van der Waals surface area contributed by atoms with E-state index in [1.807, 2.05) is 11.0 Å². The summed E-state index contributed by atoms with van der Waals surface area (Å²) < 4.78 is 14.3. The van der Waals surface area contributed by atoms with Crippen LogP contribution in [0, 0.1) is 5.82 Å². The number of carbonyl (C=O) groups excluding carboxylic acids is 1. The lowest BCUT2D eigenvalue weighted by Crippen LogP contribution is -2.40. The van der Waals surface area contributed by atoms with E-state index in [1.165, 1.54) is 29.8 Å². The molecule has 2 aromatic rings. The molecule has 0 atom stereocenters. The fourth-order valence-corrected chi connectivity index (χ4v) is 5.15. The van der Waals surface area contributed by atoms with Crippen LogP contribution in [0.2, 0.25) is 0 Å². The molecule has 4 rings (SSSR count). The Kier molecular flexibility index (Phi) is 6.33. The van der Waals surface area contributed by atoms with Gasteiger partial charge in [-0.05, 0) is 59.4 Å². The standard InChI is InChI=1S/C26H29FN2OS/c1-26(2,3)19-15-13-18(14-16-19)17-23-24(30)29(20-9-5-4-6-10-20)25(31-23)28-22-12-8-7-11-21(22)27/h7-8,11-17,20H,4-6,9-10H2,1-3H3/b23-17-,28-25?. The highest BCUT2D eigenvalue weighted by molar-refractivity contribution is 8.18. The first-order valence-electron chi connectivity index (χ1n) is 11.0. The highest BCUT2D eigenvalue weighted by atomic mass is 32.2. The van der Waals surface area contributed by atoms with Crippen molar-refractivity contribution in [3.63, 3.8) is 0 Å². The van der Waals surface area contributed by atoms with Gasteiger partial charge in [-0.1, -0.05) is 76.4 Å². The number of hydrogen-bond donors (Lipinski definition) is 0. The van der Waals surface area contributed by atoms with Crippen LogP contribution in [0.15, 0.2) is 58.4 Å². The first kappa shape index (κ1) is 21.8. The number of thioether (sulfide) groups is 1. The zero-order valence-electron chi connectivity index (χ0n) is 18.4. The van der Waals surface area contributed by atoms with Crippen molar-refractivity contribution in [2.24, 2.45) is 4.99 Å². The van der Waals surface area contributed by atoms with E-state index in [9.17, 15) is 9.18 Å². The number of para-hydroxylation sites is 1. The second-order valence-corrected chi connectivity index (χ2v) is 10.3. The molecule has 31 heavy (non-hydrogen) atoms. The maximum atomic E-state index is 14.3. The number of halogens is 1. The third-order valence-corrected chi connectivity index (χ3v) is 6.90. The molecule has 0 N–H and O–H groups in total. The molecular formula is C26H29FN2OS. The Balaban J connectivity index is 1.68. The molecule has 1 saturated carbocycles. The van der Waals surface area contributed by atoms with Gasteiger partial charge in [-0.3, -0.25) is 9.69 Å². The van der Waals surface area contributed by atoms with E-state index in [-0.39, 0.29) is 28.9 Å². The smallest absolute Gasteiger partial charge is 0.267 e. The maximum Gasteiger partial charge on any atom is 0.267 e. The fraction of sp³-hybridized carbons (Fsp3) is 0.385. The Labute approximate surface area is 188 Å². The zero-order valence-corrected chi connectivity index (χ0v) is 19.2. The highest BCUT2D eigenvalue weighted by Crippen LogP contribution is 2.39. The lowest BCUT2D eigenvalue weighted by molar-refractivity contribution is -0.124. The molecule has 2 aromatic carbocycles. The van der Waals surface area contributed by atoms with Gasteiger partial charge in [0.1, 0.15) is 11.5 Å². The summed E-state index contributed by atoms with van der Waals surface area (Å²) in [5.74, 6) is -0.395. The molecule has 0 unspecified atom stereocenters. The number of amidine groups is 1. The Morgan fingerprint density at radius 2 is 1.71 bits per heavy atom. The quantitative estimate of drug-likeness (QED) is 0.483. The molecule has 0 spiro atoms. The normalized spacial score (nSPS) is 20.8. The summed E-state index contributed by atoms with van der Waals surface area (Å²) in [7, 11) is 0. The van der Waals surface area contributed by atoms with Gasteiger partial charge in [0.15, 0.2) is 5.17 Å². The van der Waals surface area contributed by atoms with Crippen molar-refractivity contribution in [1.82, 2.24) is 4.90 Å². The van der Waals surface area contributed by atoms with Gasteiger partial charge in [0.2, 0.25) is 0 Å². The van der Waals surface area contributed by atoms with Gasteiger partial charge in [0, 0.05) is 6.04 Å². The summed E-state index contributed by atoms with van der Waals surface area (Å²) in [4.78, 5) is 20.4. The summed E-state index contributed by atoms with van der Waals surface area (Å²) in [6.45, 7) is 6.55. The van der Waals surface area contributed by atoms with Gasteiger partial charge in [-0.15, -0.1) is 0 Å². The Hall–Kier alpha value is -2.40. The van der Waals surface area contributed by atoms with Gasteiger partial charge in [0.25, 0.3) is 5.91 Å². The largest absolute Gasteiger partial charge is 0.283 e. The van der Waals surface area contributed by atoms with Crippen LogP contribution in [-0.2, 0) is 10.2 Å². The molecular weight excluding hydrogens is 407 g/mol. The van der Waals surface area contributed by atoms with Crippen LogP contribution in [0.4, 0.5) is 10.1 Å².